The molecule has 2 heterocycles. The van der Waals surface area contributed by atoms with Gasteiger partial charge in [-0.2, -0.15) is 0 Å². The standard InChI is InChI=1S/C15H24N4O/c1-4-7-16-12(2)13-5-6-14(17-10-13)19-9-8-18(3)15(20)11-19/h5-6,10,12,16H,4,7-9,11H2,1-3H3. The zero-order chi connectivity index (χ0) is 14.5. The van der Waals surface area contributed by atoms with Crippen molar-refractivity contribution in [3.05, 3.63) is 23.9 Å². The van der Waals surface area contributed by atoms with Crippen molar-refractivity contribution in [3.63, 3.8) is 0 Å². The molecule has 1 aromatic heterocycles. The van der Waals surface area contributed by atoms with Crippen LogP contribution >= 0.6 is 0 Å². The number of nitrogens with zero attached hydrogens (tertiary/aromatic N) is 3. The van der Waals surface area contributed by atoms with E-state index in [0.29, 0.717) is 12.6 Å². The van der Waals surface area contributed by atoms with Crippen LogP contribution in [0.15, 0.2) is 18.3 Å². The Hall–Kier alpha value is -1.62. The highest BCUT2D eigenvalue weighted by Crippen LogP contribution is 2.17. The van der Waals surface area contributed by atoms with E-state index in [1.807, 2.05) is 24.2 Å². The summed E-state index contributed by atoms with van der Waals surface area (Å²) in [7, 11) is 1.84. The van der Waals surface area contributed by atoms with Gasteiger partial charge in [-0.15, -0.1) is 0 Å². The maximum atomic E-state index is 11.7. The molecule has 1 amide bonds. The Bertz CT molecular complexity index is 446. The second-order valence-electron chi connectivity index (χ2n) is 5.36. The van der Waals surface area contributed by atoms with Crippen LogP contribution in [-0.2, 0) is 4.79 Å². The number of hydrogen-bond acceptors (Lipinski definition) is 4. The number of aromatic nitrogens is 1. The molecule has 1 N–H and O–H groups in total. The van der Waals surface area contributed by atoms with Crippen LogP contribution in [-0.4, -0.2) is 49.0 Å². The minimum atomic E-state index is 0.153. The SMILES string of the molecule is CCCNC(C)c1ccc(N2CCN(C)C(=O)C2)nc1. The zero-order valence-electron chi connectivity index (χ0n) is 12.6. The number of carbonyl (C=O) groups is 1. The lowest BCUT2D eigenvalue weighted by Crippen LogP contribution is -2.48. The predicted octanol–water partition coefficient (Wildman–Crippen LogP) is 1.42. The minimum absolute atomic E-state index is 0.153. The molecule has 1 aromatic rings. The molecule has 2 rings (SSSR count). The first-order valence-corrected chi connectivity index (χ1v) is 7.30. The Morgan fingerprint density at radius 1 is 1.40 bits per heavy atom. The average Bonchev–Trinajstić information content (AvgIpc) is 2.48. The van der Waals surface area contributed by atoms with E-state index in [9.17, 15) is 4.79 Å². The topological polar surface area (TPSA) is 48.5 Å². The van der Waals surface area contributed by atoms with E-state index in [2.05, 4.69) is 30.2 Å². The molecule has 1 saturated heterocycles. The van der Waals surface area contributed by atoms with Gasteiger partial charge < -0.3 is 15.1 Å². The van der Waals surface area contributed by atoms with E-state index in [1.54, 1.807) is 4.90 Å². The highest BCUT2D eigenvalue weighted by molar-refractivity contribution is 5.82. The van der Waals surface area contributed by atoms with E-state index < -0.39 is 0 Å². The van der Waals surface area contributed by atoms with Crippen molar-refractivity contribution in [2.24, 2.45) is 0 Å². The molecule has 1 fully saturated rings. The summed E-state index contributed by atoms with van der Waals surface area (Å²) in [5.41, 5.74) is 1.18. The third kappa shape index (κ3) is 3.48. The molecule has 1 aliphatic rings. The molecule has 0 aromatic carbocycles. The Kier molecular flexibility index (Phi) is 4.95. The average molecular weight is 276 g/mol. The number of rotatable bonds is 5. The van der Waals surface area contributed by atoms with Crippen molar-refractivity contribution < 1.29 is 4.79 Å². The van der Waals surface area contributed by atoms with Crippen molar-refractivity contribution in [2.75, 3.05) is 38.1 Å². The van der Waals surface area contributed by atoms with E-state index in [1.165, 1.54) is 5.56 Å². The van der Waals surface area contributed by atoms with Crippen LogP contribution in [0, 0.1) is 0 Å². The zero-order valence-corrected chi connectivity index (χ0v) is 12.6. The summed E-state index contributed by atoms with van der Waals surface area (Å²) in [6.45, 7) is 7.34. The second-order valence-corrected chi connectivity index (χ2v) is 5.36. The summed E-state index contributed by atoms with van der Waals surface area (Å²) in [5, 5.41) is 3.45. The summed E-state index contributed by atoms with van der Waals surface area (Å²) < 4.78 is 0. The third-order valence-electron chi connectivity index (χ3n) is 3.75. The summed E-state index contributed by atoms with van der Waals surface area (Å²) >= 11 is 0. The molecule has 0 aliphatic carbocycles. The Morgan fingerprint density at radius 3 is 2.80 bits per heavy atom. The largest absolute Gasteiger partial charge is 0.346 e. The van der Waals surface area contributed by atoms with Gasteiger partial charge in [-0.25, -0.2) is 4.98 Å². The lowest BCUT2D eigenvalue weighted by atomic mass is 10.1. The van der Waals surface area contributed by atoms with Crippen LogP contribution in [0.3, 0.4) is 0 Å². The van der Waals surface area contributed by atoms with Crippen LogP contribution < -0.4 is 10.2 Å². The van der Waals surface area contributed by atoms with Crippen LogP contribution in [0.25, 0.3) is 0 Å². The highest BCUT2D eigenvalue weighted by Gasteiger charge is 2.21. The van der Waals surface area contributed by atoms with E-state index in [-0.39, 0.29) is 5.91 Å². The molecule has 1 unspecified atom stereocenters. The van der Waals surface area contributed by atoms with Crippen LogP contribution in [0.2, 0.25) is 0 Å². The molecule has 0 radical (unpaired) electrons. The van der Waals surface area contributed by atoms with Crippen molar-refractivity contribution in [1.29, 1.82) is 0 Å². The smallest absolute Gasteiger partial charge is 0.241 e. The number of likely N-dealkylation sites (N-methyl/N-ethyl adjacent to an activating group) is 1. The van der Waals surface area contributed by atoms with Gasteiger partial charge in [-0.3, -0.25) is 4.79 Å². The number of hydrogen-bond donors (Lipinski definition) is 1. The molecular weight excluding hydrogens is 252 g/mol. The fraction of sp³-hybridized carbons (Fsp3) is 0.600. The second kappa shape index (κ2) is 6.70. The van der Waals surface area contributed by atoms with Gasteiger partial charge in [-0.1, -0.05) is 13.0 Å². The van der Waals surface area contributed by atoms with Crippen molar-refractivity contribution >= 4 is 11.7 Å². The maximum absolute atomic E-state index is 11.7. The van der Waals surface area contributed by atoms with Crippen molar-refractivity contribution in [2.45, 2.75) is 26.3 Å². The van der Waals surface area contributed by atoms with Gasteiger partial charge in [0.25, 0.3) is 0 Å². The van der Waals surface area contributed by atoms with Gasteiger partial charge in [-0.05, 0) is 31.5 Å². The number of pyridine rings is 1. The molecular formula is C15H24N4O. The van der Waals surface area contributed by atoms with Gasteiger partial charge in [0.1, 0.15) is 5.82 Å². The van der Waals surface area contributed by atoms with E-state index in [4.69, 9.17) is 0 Å². The van der Waals surface area contributed by atoms with Gasteiger partial charge in [0, 0.05) is 32.4 Å². The Labute approximate surface area is 121 Å². The summed E-state index contributed by atoms with van der Waals surface area (Å²) in [4.78, 5) is 20.0. The Balaban J connectivity index is 1.99. The summed E-state index contributed by atoms with van der Waals surface area (Å²) in [6.07, 6.45) is 3.03. The normalized spacial score (nSPS) is 17.4. The number of amides is 1. The van der Waals surface area contributed by atoms with Gasteiger partial charge in [0.05, 0.1) is 6.54 Å². The first-order valence-electron chi connectivity index (χ1n) is 7.30. The van der Waals surface area contributed by atoms with Crippen molar-refractivity contribution in [3.8, 4) is 0 Å². The number of carbonyl (C=O) groups excluding carboxylic acids is 1. The molecule has 0 bridgehead atoms. The molecule has 20 heavy (non-hydrogen) atoms. The molecule has 110 valence electrons. The first kappa shape index (κ1) is 14.8. The lowest BCUT2D eigenvalue weighted by molar-refractivity contribution is -0.129. The molecule has 1 aliphatic heterocycles. The quantitative estimate of drug-likeness (QED) is 0.883. The van der Waals surface area contributed by atoms with Crippen LogP contribution in [0.5, 0.6) is 0 Å². The highest BCUT2D eigenvalue weighted by atomic mass is 16.2. The monoisotopic (exact) mass is 276 g/mol. The number of nitrogens with one attached hydrogen (secondary N) is 1. The Morgan fingerprint density at radius 2 is 2.20 bits per heavy atom. The minimum Gasteiger partial charge on any atom is -0.346 e. The van der Waals surface area contributed by atoms with Crippen LogP contribution in [0.4, 0.5) is 5.82 Å². The van der Waals surface area contributed by atoms with Crippen molar-refractivity contribution in [1.82, 2.24) is 15.2 Å². The molecule has 5 heteroatoms. The summed E-state index contributed by atoms with van der Waals surface area (Å²) in [6, 6.07) is 4.42. The first-order chi connectivity index (χ1) is 9.61. The number of piperazine rings is 1. The molecule has 0 saturated carbocycles. The predicted molar refractivity (Wildman–Crippen MR) is 80.8 cm³/mol. The third-order valence-corrected chi connectivity index (χ3v) is 3.75. The maximum Gasteiger partial charge on any atom is 0.241 e. The van der Waals surface area contributed by atoms with E-state index in [0.717, 1.165) is 31.9 Å². The molecule has 1 atom stereocenters. The van der Waals surface area contributed by atoms with Gasteiger partial charge >= 0.3 is 0 Å². The fourth-order valence-corrected chi connectivity index (χ4v) is 2.27. The lowest BCUT2D eigenvalue weighted by Gasteiger charge is -2.32. The van der Waals surface area contributed by atoms with E-state index >= 15 is 0 Å². The molecule has 0 spiro atoms. The number of anilines is 1. The van der Waals surface area contributed by atoms with Crippen LogP contribution in [0.1, 0.15) is 31.9 Å². The fourth-order valence-electron chi connectivity index (χ4n) is 2.27. The summed E-state index contributed by atoms with van der Waals surface area (Å²) in [5.74, 6) is 1.04. The molecule has 5 nitrogen and oxygen atoms in total. The van der Waals surface area contributed by atoms with Gasteiger partial charge in [0.15, 0.2) is 0 Å². The van der Waals surface area contributed by atoms with Gasteiger partial charge in [0.2, 0.25) is 5.91 Å².